The molecule has 1 amide bonds. The van der Waals surface area contributed by atoms with E-state index in [9.17, 15) is 4.79 Å². The number of likely N-dealkylation sites (tertiary alicyclic amines) is 1. The second kappa shape index (κ2) is 9.14. The third kappa shape index (κ3) is 5.16. The van der Waals surface area contributed by atoms with E-state index in [0.717, 1.165) is 49.3 Å². The van der Waals surface area contributed by atoms with Gasteiger partial charge in [0.15, 0.2) is 0 Å². The minimum atomic E-state index is -0.0421. The topological polar surface area (TPSA) is 45.2 Å². The Labute approximate surface area is 163 Å². The summed E-state index contributed by atoms with van der Waals surface area (Å²) in [5, 5.41) is 3.30. The minimum absolute atomic E-state index is 0.00615. The van der Waals surface area contributed by atoms with Gasteiger partial charge in [0.05, 0.1) is 11.7 Å². The first-order chi connectivity index (χ1) is 13.0. The maximum atomic E-state index is 13.0. The summed E-state index contributed by atoms with van der Waals surface area (Å²) in [6.07, 6.45) is 3.99. The Kier molecular flexibility index (Phi) is 6.62. The molecule has 2 aromatic rings. The normalized spacial score (nSPS) is 17.0. The highest BCUT2D eigenvalue weighted by molar-refractivity contribution is 5.95. The van der Waals surface area contributed by atoms with Crippen LogP contribution in [0, 0.1) is 18.8 Å². The van der Waals surface area contributed by atoms with Crippen molar-refractivity contribution in [1.82, 2.24) is 15.2 Å². The number of aromatic nitrogens is 1. The van der Waals surface area contributed by atoms with Crippen LogP contribution in [0.5, 0.6) is 0 Å². The van der Waals surface area contributed by atoms with Crippen LogP contribution in [0.4, 0.5) is 0 Å². The molecule has 1 aliphatic heterocycles. The average Bonchev–Trinajstić information content (AvgIpc) is 2.67. The molecule has 0 bridgehead atoms. The summed E-state index contributed by atoms with van der Waals surface area (Å²) < 4.78 is 0. The quantitative estimate of drug-likeness (QED) is 0.833. The summed E-state index contributed by atoms with van der Waals surface area (Å²) in [6.45, 7) is 9.85. The lowest BCUT2D eigenvalue weighted by Gasteiger charge is -2.37. The third-order valence-corrected chi connectivity index (χ3v) is 5.41. The summed E-state index contributed by atoms with van der Waals surface area (Å²) >= 11 is 0. The first-order valence-corrected chi connectivity index (χ1v) is 10.0. The molecule has 1 atom stereocenters. The van der Waals surface area contributed by atoms with E-state index >= 15 is 0 Å². The summed E-state index contributed by atoms with van der Waals surface area (Å²) in [4.78, 5) is 20.1. The van der Waals surface area contributed by atoms with Crippen LogP contribution in [0.1, 0.15) is 54.3 Å². The number of benzene rings is 1. The van der Waals surface area contributed by atoms with Crippen LogP contribution in [0.25, 0.3) is 0 Å². The molecular weight excluding hydrogens is 334 g/mol. The van der Waals surface area contributed by atoms with Gasteiger partial charge in [-0.15, -0.1) is 0 Å². The van der Waals surface area contributed by atoms with E-state index in [1.165, 1.54) is 0 Å². The van der Waals surface area contributed by atoms with Gasteiger partial charge in [-0.1, -0.05) is 38.1 Å². The van der Waals surface area contributed by atoms with Crippen molar-refractivity contribution in [3.05, 3.63) is 65.5 Å². The molecule has 0 radical (unpaired) electrons. The lowest BCUT2D eigenvalue weighted by Crippen LogP contribution is -2.42. The number of hydrogen-bond donors (Lipinski definition) is 1. The molecule has 3 rings (SSSR count). The van der Waals surface area contributed by atoms with Crippen LogP contribution in [-0.2, 0) is 0 Å². The second-order valence-electron chi connectivity index (χ2n) is 8.05. The Morgan fingerprint density at radius 3 is 2.48 bits per heavy atom. The highest BCUT2D eigenvalue weighted by Gasteiger charge is 2.30. The van der Waals surface area contributed by atoms with Gasteiger partial charge in [0.2, 0.25) is 0 Å². The number of hydrogen-bond acceptors (Lipinski definition) is 3. The number of pyridine rings is 1. The van der Waals surface area contributed by atoms with Crippen LogP contribution in [0.15, 0.2) is 48.7 Å². The van der Waals surface area contributed by atoms with Crippen LogP contribution in [0.2, 0.25) is 0 Å². The molecule has 27 heavy (non-hydrogen) atoms. The van der Waals surface area contributed by atoms with E-state index in [1.807, 2.05) is 55.6 Å². The molecular formula is C23H31N3O. The molecule has 0 spiro atoms. The Morgan fingerprint density at radius 1 is 1.15 bits per heavy atom. The zero-order chi connectivity index (χ0) is 19.2. The first-order valence-electron chi connectivity index (χ1n) is 10.0. The van der Waals surface area contributed by atoms with Crippen molar-refractivity contribution in [2.45, 2.75) is 39.7 Å². The fraction of sp³-hybridized carbons (Fsp3) is 0.478. The summed E-state index contributed by atoms with van der Waals surface area (Å²) in [6, 6.07) is 13.7. The number of nitrogens with zero attached hydrogens (tertiary/aromatic N) is 2. The Bertz CT molecular complexity index is 736. The zero-order valence-corrected chi connectivity index (χ0v) is 16.7. The van der Waals surface area contributed by atoms with Crippen molar-refractivity contribution < 1.29 is 4.79 Å². The van der Waals surface area contributed by atoms with Gasteiger partial charge in [-0.25, -0.2) is 0 Å². The van der Waals surface area contributed by atoms with Crippen molar-refractivity contribution in [2.24, 2.45) is 11.8 Å². The SMILES string of the molecule is Cc1ccccc1C(=O)NC(c1ccccn1)C1CCN(CC(C)C)CC1. The van der Waals surface area contributed by atoms with Crippen LogP contribution < -0.4 is 5.32 Å². The van der Waals surface area contributed by atoms with Gasteiger partial charge in [0.1, 0.15) is 0 Å². The van der Waals surface area contributed by atoms with Crippen molar-refractivity contribution in [3.8, 4) is 0 Å². The van der Waals surface area contributed by atoms with Gasteiger partial charge >= 0.3 is 0 Å². The van der Waals surface area contributed by atoms with E-state index in [4.69, 9.17) is 0 Å². The Morgan fingerprint density at radius 2 is 1.85 bits per heavy atom. The predicted octanol–water partition coefficient (Wildman–Crippen LogP) is 4.23. The van der Waals surface area contributed by atoms with Crippen LogP contribution in [0.3, 0.4) is 0 Å². The van der Waals surface area contributed by atoms with Crippen molar-refractivity contribution in [3.63, 3.8) is 0 Å². The largest absolute Gasteiger partial charge is 0.343 e. The van der Waals surface area contributed by atoms with E-state index < -0.39 is 0 Å². The van der Waals surface area contributed by atoms with Crippen molar-refractivity contribution >= 4 is 5.91 Å². The molecule has 4 heteroatoms. The highest BCUT2D eigenvalue weighted by Crippen LogP contribution is 2.30. The Balaban J connectivity index is 1.75. The molecule has 1 N–H and O–H groups in total. The van der Waals surface area contributed by atoms with Crippen LogP contribution >= 0.6 is 0 Å². The maximum absolute atomic E-state index is 13.0. The number of nitrogens with one attached hydrogen (secondary N) is 1. The molecule has 1 unspecified atom stereocenters. The molecule has 1 aromatic heterocycles. The number of aryl methyl sites for hydroxylation is 1. The fourth-order valence-electron chi connectivity index (χ4n) is 4.03. The number of rotatable bonds is 6. The molecule has 0 aliphatic carbocycles. The second-order valence-corrected chi connectivity index (χ2v) is 8.05. The molecule has 1 saturated heterocycles. The molecule has 144 valence electrons. The number of carbonyl (C=O) groups is 1. The maximum Gasteiger partial charge on any atom is 0.252 e. The summed E-state index contributed by atoms with van der Waals surface area (Å²) in [5.74, 6) is 1.10. The molecule has 2 heterocycles. The van der Waals surface area contributed by atoms with Gasteiger partial charge in [0.25, 0.3) is 5.91 Å². The van der Waals surface area contributed by atoms with Gasteiger partial charge in [-0.2, -0.15) is 0 Å². The summed E-state index contributed by atoms with van der Waals surface area (Å²) in [7, 11) is 0. The lowest BCUT2D eigenvalue weighted by molar-refractivity contribution is 0.0885. The fourth-order valence-corrected chi connectivity index (χ4v) is 4.03. The monoisotopic (exact) mass is 365 g/mol. The lowest BCUT2D eigenvalue weighted by atomic mass is 9.86. The van der Waals surface area contributed by atoms with Crippen molar-refractivity contribution in [2.75, 3.05) is 19.6 Å². The standard InChI is InChI=1S/C23H31N3O/c1-17(2)16-26-14-11-19(12-15-26)22(21-10-6-7-13-24-21)25-23(27)20-9-5-4-8-18(20)3/h4-10,13,17,19,22H,11-12,14-16H2,1-3H3,(H,25,27). The van der Waals surface area contributed by atoms with E-state index in [2.05, 4.69) is 29.0 Å². The number of amides is 1. The van der Waals surface area contributed by atoms with E-state index in [-0.39, 0.29) is 11.9 Å². The number of carbonyl (C=O) groups excluding carboxylic acids is 1. The molecule has 0 saturated carbocycles. The average molecular weight is 366 g/mol. The first kappa shape index (κ1) is 19.6. The van der Waals surface area contributed by atoms with Gasteiger partial charge in [0, 0.05) is 18.3 Å². The van der Waals surface area contributed by atoms with E-state index in [0.29, 0.717) is 11.8 Å². The smallest absolute Gasteiger partial charge is 0.252 e. The van der Waals surface area contributed by atoms with Gasteiger partial charge in [-0.05, 0) is 68.5 Å². The third-order valence-electron chi connectivity index (χ3n) is 5.41. The van der Waals surface area contributed by atoms with Crippen LogP contribution in [-0.4, -0.2) is 35.4 Å². The molecule has 1 fully saturated rings. The summed E-state index contributed by atoms with van der Waals surface area (Å²) in [5.41, 5.74) is 2.71. The van der Waals surface area contributed by atoms with E-state index in [1.54, 1.807) is 0 Å². The molecule has 1 aromatic carbocycles. The van der Waals surface area contributed by atoms with Gasteiger partial charge in [-0.3, -0.25) is 9.78 Å². The highest BCUT2D eigenvalue weighted by atomic mass is 16.1. The number of piperidine rings is 1. The minimum Gasteiger partial charge on any atom is -0.343 e. The zero-order valence-electron chi connectivity index (χ0n) is 16.7. The van der Waals surface area contributed by atoms with Crippen molar-refractivity contribution in [1.29, 1.82) is 0 Å². The van der Waals surface area contributed by atoms with Gasteiger partial charge < -0.3 is 10.2 Å². The molecule has 1 aliphatic rings. The molecule has 4 nitrogen and oxygen atoms in total. The Hall–Kier alpha value is -2.20. The predicted molar refractivity (Wildman–Crippen MR) is 110 cm³/mol.